The Morgan fingerprint density at radius 1 is 1.30 bits per heavy atom. The van der Waals surface area contributed by atoms with E-state index in [1.54, 1.807) is 12.1 Å². The molecule has 4 rings (SSSR count). The van der Waals surface area contributed by atoms with Crippen LogP contribution in [-0.2, 0) is 6.54 Å². The summed E-state index contributed by atoms with van der Waals surface area (Å²) in [5, 5.41) is 10.7. The lowest BCUT2D eigenvalue weighted by Crippen LogP contribution is -2.36. The number of Topliss-reactive ketones (excluding diaryl/α,β-unsaturated/α-hetero) is 1. The van der Waals surface area contributed by atoms with E-state index in [4.69, 9.17) is 9.47 Å². The van der Waals surface area contributed by atoms with Crippen LogP contribution in [0.3, 0.4) is 0 Å². The van der Waals surface area contributed by atoms with Crippen LogP contribution in [0, 0.1) is 6.92 Å². The maximum Gasteiger partial charge on any atom is 0.232 e. The van der Waals surface area contributed by atoms with Crippen molar-refractivity contribution in [2.24, 2.45) is 0 Å². The normalized spacial score (nSPS) is 20.3. The summed E-state index contributed by atoms with van der Waals surface area (Å²) < 4.78 is 11.8. The molecule has 1 atom stereocenters. The van der Waals surface area contributed by atoms with E-state index < -0.39 is 0 Å². The molecule has 30 heavy (non-hydrogen) atoms. The first-order valence-corrected chi connectivity index (χ1v) is 10.7. The smallest absolute Gasteiger partial charge is 0.232 e. The average molecular weight is 408 g/mol. The van der Waals surface area contributed by atoms with E-state index in [0.29, 0.717) is 41.8 Å². The van der Waals surface area contributed by atoms with Crippen LogP contribution < -0.4 is 9.47 Å². The van der Waals surface area contributed by atoms with Gasteiger partial charge >= 0.3 is 0 Å². The lowest BCUT2D eigenvalue weighted by atomic mass is 9.97. The van der Waals surface area contributed by atoms with Gasteiger partial charge in [0.25, 0.3) is 0 Å². The highest BCUT2D eigenvalue weighted by Crippen LogP contribution is 2.43. The first-order valence-electron chi connectivity index (χ1n) is 10.7. The lowest BCUT2D eigenvalue weighted by molar-refractivity contribution is 0.101. The maximum atomic E-state index is 13.2. The van der Waals surface area contributed by atoms with Crippen molar-refractivity contribution in [3.05, 3.63) is 58.3 Å². The number of aryl methyl sites for hydroxylation is 1. The number of carbonyl (C=O) groups excluding carboxylic acids is 1. The van der Waals surface area contributed by atoms with Crippen molar-refractivity contribution in [1.82, 2.24) is 4.90 Å². The predicted octanol–water partition coefficient (Wildman–Crippen LogP) is 5.09. The van der Waals surface area contributed by atoms with Crippen LogP contribution in [0.15, 0.2) is 36.1 Å². The molecule has 1 N–H and O–H groups in total. The van der Waals surface area contributed by atoms with E-state index in [-0.39, 0.29) is 17.3 Å². The van der Waals surface area contributed by atoms with Crippen molar-refractivity contribution in [2.75, 3.05) is 13.2 Å². The molecule has 0 saturated carbocycles. The van der Waals surface area contributed by atoms with E-state index in [1.165, 1.54) is 6.42 Å². The second-order valence-electron chi connectivity index (χ2n) is 8.12. The van der Waals surface area contributed by atoms with Gasteiger partial charge in [-0.25, -0.2) is 0 Å². The molecule has 158 valence electrons. The summed E-state index contributed by atoms with van der Waals surface area (Å²) in [6.07, 6.45) is 5.26. The van der Waals surface area contributed by atoms with Gasteiger partial charge in [-0.05, 0) is 63.9 Å². The van der Waals surface area contributed by atoms with Gasteiger partial charge < -0.3 is 14.6 Å². The monoisotopic (exact) mass is 407 g/mol. The molecular formula is C25H29NO4. The molecule has 0 spiro atoms. The standard InChI is InChI=1S/C25H29NO4/c1-4-29-21-11-6-5-10-18(21)14-22-24(28)23-16(2)13-20(27)19(25(23)30-22)15-26-12-8-7-9-17(26)3/h5-6,10-11,13-14,17,27H,4,7-9,12,15H2,1-3H3/b22-14-. The van der Waals surface area contributed by atoms with Gasteiger partial charge in [-0.1, -0.05) is 24.6 Å². The number of ether oxygens (including phenoxy) is 2. The van der Waals surface area contributed by atoms with Crippen molar-refractivity contribution >= 4 is 11.9 Å². The number of benzene rings is 2. The van der Waals surface area contributed by atoms with Crippen molar-refractivity contribution in [3.8, 4) is 17.2 Å². The Bertz CT molecular complexity index is 995. The summed E-state index contributed by atoms with van der Waals surface area (Å²) in [5.74, 6) is 1.51. The second kappa shape index (κ2) is 8.52. The van der Waals surface area contributed by atoms with Crippen LogP contribution in [0.5, 0.6) is 17.2 Å². The van der Waals surface area contributed by atoms with Gasteiger partial charge in [0.15, 0.2) is 5.76 Å². The van der Waals surface area contributed by atoms with E-state index in [9.17, 15) is 9.90 Å². The third-order valence-corrected chi connectivity index (χ3v) is 6.03. The molecule has 0 bridgehead atoms. The number of para-hydroxylation sites is 1. The molecule has 2 aliphatic heterocycles. The topological polar surface area (TPSA) is 59.0 Å². The minimum absolute atomic E-state index is 0.151. The molecule has 2 aromatic carbocycles. The van der Waals surface area contributed by atoms with Crippen molar-refractivity contribution in [3.63, 3.8) is 0 Å². The summed E-state index contributed by atoms with van der Waals surface area (Å²) in [6, 6.07) is 9.71. The Hall–Kier alpha value is -2.79. The highest BCUT2D eigenvalue weighted by Gasteiger charge is 2.34. The van der Waals surface area contributed by atoms with Crippen LogP contribution in [0.1, 0.15) is 60.2 Å². The van der Waals surface area contributed by atoms with Crippen molar-refractivity contribution < 1.29 is 19.4 Å². The molecule has 2 heterocycles. The summed E-state index contributed by atoms with van der Waals surface area (Å²) in [5.41, 5.74) is 2.76. The molecule has 2 aromatic rings. The number of allylic oxidation sites excluding steroid dienone is 1. The van der Waals surface area contributed by atoms with Gasteiger partial charge in [-0.3, -0.25) is 9.69 Å². The Kier molecular flexibility index (Phi) is 5.82. The third-order valence-electron chi connectivity index (χ3n) is 6.03. The molecule has 1 saturated heterocycles. The minimum atomic E-state index is -0.151. The van der Waals surface area contributed by atoms with Crippen LogP contribution >= 0.6 is 0 Å². The van der Waals surface area contributed by atoms with Gasteiger partial charge in [0.1, 0.15) is 17.2 Å². The Morgan fingerprint density at radius 3 is 2.87 bits per heavy atom. The largest absolute Gasteiger partial charge is 0.507 e. The van der Waals surface area contributed by atoms with Crippen LogP contribution in [0.4, 0.5) is 0 Å². The fourth-order valence-electron chi connectivity index (χ4n) is 4.36. The number of carbonyl (C=O) groups is 1. The first kappa shape index (κ1) is 20.5. The summed E-state index contributed by atoms with van der Waals surface area (Å²) in [7, 11) is 0. The lowest BCUT2D eigenvalue weighted by Gasteiger charge is -2.33. The Morgan fingerprint density at radius 2 is 2.10 bits per heavy atom. The number of phenols is 1. The van der Waals surface area contributed by atoms with Crippen LogP contribution in [0.25, 0.3) is 6.08 Å². The Labute approximate surface area is 177 Å². The third kappa shape index (κ3) is 3.82. The molecule has 1 fully saturated rings. The molecule has 0 amide bonds. The van der Waals surface area contributed by atoms with Crippen LogP contribution in [0.2, 0.25) is 0 Å². The number of hydrogen-bond acceptors (Lipinski definition) is 5. The molecular weight excluding hydrogens is 378 g/mol. The van der Waals surface area contributed by atoms with Gasteiger partial charge in [0, 0.05) is 18.2 Å². The fraction of sp³-hybridized carbons (Fsp3) is 0.400. The quantitative estimate of drug-likeness (QED) is 0.700. The number of aromatic hydroxyl groups is 1. The number of nitrogens with zero attached hydrogens (tertiary/aromatic N) is 1. The number of hydrogen-bond donors (Lipinski definition) is 1. The SMILES string of the molecule is CCOc1ccccc1/C=C1\Oc2c(CN3CCCCC3C)c(O)cc(C)c2C1=O. The van der Waals surface area contributed by atoms with E-state index in [1.807, 2.05) is 38.1 Å². The summed E-state index contributed by atoms with van der Waals surface area (Å²) >= 11 is 0. The minimum Gasteiger partial charge on any atom is -0.507 e. The molecule has 0 aliphatic carbocycles. The number of piperidine rings is 1. The Balaban J connectivity index is 1.71. The van der Waals surface area contributed by atoms with Gasteiger partial charge in [0.05, 0.1) is 17.7 Å². The molecule has 5 nitrogen and oxygen atoms in total. The highest BCUT2D eigenvalue weighted by atomic mass is 16.5. The second-order valence-corrected chi connectivity index (χ2v) is 8.12. The molecule has 0 aromatic heterocycles. The maximum absolute atomic E-state index is 13.2. The van der Waals surface area contributed by atoms with Gasteiger partial charge in [0.2, 0.25) is 5.78 Å². The van der Waals surface area contributed by atoms with Crippen LogP contribution in [-0.4, -0.2) is 35.0 Å². The number of ketones is 1. The molecule has 0 radical (unpaired) electrons. The summed E-state index contributed by atoms with van der Waals surface area (Å²) in [6.45, 7) is 8.08. The predicted molar refractivity (Wildman–Crippen MR) is 117 cm³/mol. The van der Waals surface area contributed by atoms with Gasteiger partial charge in [-0.15, -0.1) is 0 Å². The first-order chi connectivity index (χ1) is 14.5. The zero-order chi connectivity index (χ0) is 21.3. The van der Waals surface area contributed by atoms with E-state index >= 15 is 0 Å². The van der Waals surface area contributed by atoms with Crippen molar-refractivity contribution in [2.45, 2.75) is 52.6 Å². The zero-order valence-corrected chi connectivity index (χ0v) is 17.9. The average Bonchev–Trinajstić information content (AvgIpc) is 3.04. The number of phenolic OH excluding ortho intramolecular Hbond substituents is 1. The number of likely N-dealkylation sites (tertiary alicyclic amines) is 1. The fourth-order valence-corrected chi connectivity index (χ4v) is 4.36. The zero-order valence-electron chi connectivity index (χ0n) is 17.9. The van der Waals surface area contributed by atoms with Gasteiger partial charge in [-0.2, -0.15) is 0 Å². The number of fused-ring (bicyclic) bond motifs is 1. The molecule has 5 heteroatoms. The highest BCUT2D eigenvalue weighted by molar-refractivity contribution is 6.16. The van der Waals surface area contributed by atoms with E-state index in [2.05, 4.69) is 11.8 Å². The molecule has 2 aliphatic rings. The summed E-state index contributed by atoms with van der Waals surface area (Å²) in [4.78, 5) is 15.5. The molecule has 1 unspecified atom stereocenters. The van der Waals surface area contributed by atoms with Crippen molar-refractivity contribution in [1.29, 1.82) is 0 Å². The van der Waals surface area contributed by atoms with E-state index in [0.717, 1.165) is 30.5 Å². The number of rotatable bonds is 5.